The topological polar surface area (TPSA) is 60.4 Å². The van der Waals surface area contributed by atoms with Crippen molar-refractivity contribution in [2.45, 2.75) is 71.6 Å². The van der Waals surface area contributed by atoms with E-state index in [-0.39, 0.29) is 12.8 Å². The molecular weight excluding hydrogens is 275 g/mol. The Morgan fingerprint density at radius 1 is 1.19 bits per heavy atom. The third-order valence-corrected chi connectivity index (χ3v) is 3.76. The third-order valence-electron chi connectivity index (χ3n) is 3.76. The normalized spacial score (nSPS) is 27.8. The third kappa shape index (κ3) is 5.21. The van der Waals surface area contributed by atoms with Crippen molar-refractivity contribution in [3.63, 3.8) is 0 Å². The second kappa shape index (κ2) is 6.24. The van der Waals surface area contributed by atoms with Crippen LogP contribution in [0.25, 0.3) is 0 Å². The van der Waals surface area contributed by atoms with Crippen LogP contribution in [0.15, 0.2) is 0 Å². The lowest BCUT2D eigenvalue weighted by Gasteiger charge is -2.31. The van der Waals surface area contributed by atoms with E-state index in [1.54, 1.807) is 20.8 Å². The first-order valence-electron chi connectivity index (χ1n) is 7.39. The Balaban J connectivity index is 2.80. The smallest absolute Gasteiger partial charge is 0.324 e. The highest BCUT2D eigenvalue weighted by Gasteiger charge is 2.41. The largest absolute Gasteiger partial charge is 0.459 e. The molecule has 0 N–H and O–H groups in total. The molecule has 0 amide bonds. The summed E-state index contributed by atoms with van der Waals surface area (Å²) in [5.74, 6) is -3.54. The van der Waals surface area contributed by atoms with Crippen LogP contribution < -0.4 is 0 Å². The van der Waals surface area contributed by atoms with Gasteiger partial charge in [0.05, 0.1) is 0 Å². The number of ether oxygens (including phenoxy) is 1. The molecule has 0 heterocycles. The van der Waals surface area contributed by atoms with Crippen molar-refractivity contribution in [3.8, 4) is 0 Å². The summed E-state index contributed by atoms with van der Waals surface area (Å²) >= 11 is 0. The van der Waals surface area contributed by atoms with Crippen molar-refractivity contribution in [2.24, 2.45) is 11.8 Å². The highest BCUT2D eigenvalue weighted by molar-refractivity contribution is 6.17. The van der Waals surface area contributed by atoms with Gasteiger partial charge in [0.25, 0.3) is 0 Å². The monoisotopic (exact) mass is 300 g/mol. The molecule has 120 valence electrons. The van der Waals surface area contributed by atoms with Gasteiger partial charge >= 0.3 is 5.97 Å². The van der Waals surface area contributed by atoms with Crippen molar-refractivity contribution in [1.82, 2.24) is 0 Å². The maximum absolute atomic E-state index is 13.8. The number of carbonyl (C=O) groups is 3. The summed E-state index contributed by atoms with van der Waals surface area (Å²) in [6.45, 7) is 7.78. The number of alkyl halides is 1. The number of carbonyl (C=O) groups excluding carboxylic acids is 3. The van der Waals surface area contributed by atoms with E-state index in [0.717, 1.165) is 0 Å². The van der Waals surface area contributed by atoms with Gasteiger partial charge in [0.1, 0.15) is 11.3 Å². The van der Waals surface area contributed by atoms with Gasteiger partial charge in [-0.25, -0.2) is 4.39 Å². The molecule has 0 spiro atoms. The Morgan fingerprint density at radius 3 is 2.05 bits per heavy atom. The highest BCUT2D eigenvalue weighted by Crippen LogP contribution is 2.36. The number of halogens is 1. The van der Waals surface area contributed by atoms with E-state index >= 15 is 0 Å². The van der Waals surface area contributed by atoms with Gasteiger partial charge in [-0.2, -0.15) is 0 Å². The summed E-state index contributed by atoms with van der Waals surface area (Å²) in [5, 5.41) is 0. The lowest BCUT2D eigenvalue weighted by atomic mass is 9.76. The molecule has 5 heteroatoms. The molecule has 1 rings (SSSR count). The Hall–Kier alpha value is -1.26. The molecule has 1 atom stereocenters. The number of Topliss-reactive ketones (excluding diaryl/α,β-unsaturated/α-hetero) is 2. The molecule has 1 fully saturated rings. The summed E-state index contributed by atoms with van der Waals surface area (Å²) in [6, 6.07) is 0. The zero-order valence-electron chi connectivity index (χ0n) is 13.5. The SMILES string of the molecule is CC(=O)C(C(=O)OC(C)(C)C)C(=O)C1CCC(C)(F)CC1. The van der Waals surface area contributed by atoms with Crippen LogP contribution in [-0.2, 0) is 19.1 Å². The lowest BCUT2D eigenvalue weighted by Crippen LogP contribution is -2.41. The number of rotatable bonds is 4. The number of hydrogen-bond donors (Lipinski definition) is 0. The number of esters is 1. The average molecular weight is 300 g/mol. The molecule has 0 radical (unpaired) electrons. The molecule has 1 unspecified atom stereocenters. The predicted molar refractivity (Wildman–Crippen MR) is 76.5 cm³/mol. The van der Waals surface area contributed by atoms with E-state index in [4.69, 9.17) is 4.74 Å². The van der Waals surface area contributed by atoms with Gasteiger partial charge in [0.2, 0.25) is 0 Å². The summed E-state index contributed by atoms with van der Waals surface area (Å²) < 4.78 is 18.9. The first-order valence-corrected chi connectivity index (χ1v) is 7.39. The van der Waals surface area contributed by atoms with Crippen molar-refractivity contribution >= 4 is 17.5 Å². The fraction of sp³-hybridized carbons (Fsp3) is 0.812. The van der Waals surface area contributed by atoms with Crippen molar-refractivity contribution in [2.75, 3.05) is 0 Å². The van der Waals surface area contributed by atoms with Crippen molar-refractivity contribution in [1.29, 1.82) is 0 Å². The van der Waals surface area contributed by atoms with E-state index in [1.807, 2.05) is 0 Å². The summed E-state index contributed by atoms with van der Waals surface area (Å²) in [5.41, 5.74) is -2.01. The number of hydrogen-bond acceptors (Lipinski definition) is 4. The second-order valence-electron chi connectivity index (χ2n) is 7.17. The summed E-state index contributed by atoms with van der Waals surface area (Å²) in [7, 11) is 0. The Morgan fingerprint density at radius 2 is 1.67 bits per heavy atom. The molecule has 4 nitrogen and oxygen atoms in total. The zero-order valence-corrected chi connectivity index (χ0v) is 13.5. The molecule has 1 aliphatic carbocycles. The van der Waals surface area contributed by atoms with Crippen molar-refractivity contribution < 1.29 is 23.5 Å². The molecule has 1 saturated carbocycles. The van der Waals surface area contributed by atoms with Crippen LogP contribution in [0.5, 0.6) is 0 Å². The van der Waals surface area contributed by atoms with Crippen LogP contribution >= 0.6 is 0 Å². The van der Waals surface area contributed by atoms with E-state index in [9.17, 15) is 18.8 Å². The Kier molecular flexibility index (Phi) is 5.29. The molecule has 0 aromatic heterocycles. The molecule has 1 aliphatic rings. The van der Waals surface area contributed by atoms with E-state index in [0.29, 0.717) is 12.8 Å². The van der Waals surface area contributed by atoms with Gasteiger partial charge in [-0.3, -0.25) is 14.4 Å². The van der Waals surface area contributed by atoms with Crippen LogP contribution in [0, 0.1) is 11.8 Å². The van der Waals surface area contributed by atoms with E-state index in [1.165, 1.54) is 13.8 Å². The van der Waals surface area contributed by atoms with E-state index in [2.05, 4.69) is 0 Å². The summed E-state index contributed by atoms with van der Waals surface area (Å²) in [6.07, 6.45) is 1.31. The predicted octanol–water partition coefficient (Wildman–Crippen LogP) is 3.02. The van der Waals surface area contributed by atoms with Gasteiger partial charge in [0, 0.05) is 5.92 Å². The zero-order chi connectivity index (χ0) is 16.4. The first kappa shape index (κ1) is 17.8. The minimum atomic E-state index is -1.38. The highest BCUT2D eigenvalue weighted by atomic mass is 19.1. The lowest BCUT2D eigenvalue weighted by molar-refractivity contribution is -0.164. The van der Waals surface area contributed by atoms with Crippen LogP contribution in [0.4, 0.5) is 4.39 Å². The van der Waals surface area contributed by atoms with Gasteiger partial charge in [-0.05, 0) is 60.3 Å². The molecule has 0 saturated heterocycles. The molecule has 0 aromatic rings. The summed E-state index contributed by atoms with van der Waals surface area (Å²) in [4.78, 5) is 36.2. The second-order valence-corrected chi connectivity index (χ2v) is 7.17. The quantitative estimate of drug-likeness (QED) is 0.591. The minimum Gasteiger partial charge on any atom is -0.459 e. The number of ketones is 2. The van der Waals surface area contributed by atoms with E-state index < -0.39 is 40.6 Å². The minimum absolute atomic E-state index is 0.280. The van der Waals surface area contributed by atoms with Crippen LogP contribution in [0.2, 0.25) is 0 Å². The Labute approximate surface area is 125 Å². The molecule has 21 heavy (non-hydrogen) atoms. The van der Waals surface area contributed by atoms with Crippen LogP contribution in [0.1, 0.15) is 60.3 Å². The van der Waals surface area contributed by atoms with Gasteiger partial charge in [-0.1, -0.05) is 0 Å². The molecule has 0 aliphatic heterocycles. The fourth-order valence-electron chi connectivity index (χ4n) is 2.58. The van der Waals surface area contributed by atoms with Gasteiger partial charge in [0.15, 0.2) is 17.5 Å². The molecule has 0 aromatic carbocycles. The average Bonchev–Trinajstić information content (AvgIpc) is 2.25. The van der Waals surface area contributed by atoms with Crippen molar-refractivity contribution in [3.05, 3.63) is 0 Å². The van der Waals surface area contributed by atoms with Crippen LogP contribution in [0.3, 0.4) is 0 Å². The first-order chi connectivity index (χ1) is 9.43. The van der Waals surface area contributed by atoms with Gasteiger partial charge in [-0.15, -0.1) is 0 Å². The maximum atomic E-state index is 13.8. The maximum Gasteiger partial charge on any atom is 0.324 e. The molecular formula is C16H25FO4. The molecule has 0 bridgehead atoms. The standard InChI is InChI=1S/C16H25FO4/c1-10(18)12(14(20)21-15(2,3)4)13(19)11-6-8-16(5,17)9-7-11/h11-12H,6-9H2,1-5H3. The fourth-order valence-corrected chi connectivity index (χ4v) is 2.58. The van der Waals surface area contributed by atoms with Crippen LogP contribution in [-0.4, -0.2) is 28.8 Å². The van der Waals surface area contributed by atoms with Gasteiger partial charge < -0.3 is 4.74 Å². The Bertz CT molecular complexity index is 424.